The van der Waals surface area contributed by atoms with Crippen LogP contribution in [0.1, 0.15) is 30.5 Å². The van der Waals surface area contributed by atoms with Crippen LogP contribution >= 0.6 is 0 Å². The zero-order valence-corrected chi connectivity index (χ0v) is 9.55. The first-order chi connectivity index (χ1) is 7.10. The quantitative estimate of drug-likeness (QED) is 0.784. The molecule has 3 heteroatoms. The van der Waals surface area contributed by atoms with E-state index in [1.165, 1.54) is 16.7 Å². The van der Waals surface area contributed by atoms with Crippen LogP contribution in [0.15, 0.2) is 12.1 Å². The van der Waals surface area contributed by atoms with E-state index in [-0.39, 0.29) is 0 Å². The number of amides is 2. The van der Waals surface area contributed by atoms with Crippen LogP contribution < -0.4 is 11.1 Å². The molecule has 0 aliphatic rings. The fourth-order valence-electron chi connectivity index (χ4n) is 1.96. The van der Waals surface area contributed by atoms with E-state index in [4.69, 9.17) is 5.73 Å². The van der Waals surface area contributed by atoms with Gasteiger partial charge in [-0.15, -0.1) is 0 Å². The molecule has 0 saturated carbocycles. The number of primary amides is 1. The second kappa shape index (κ2) is 4.82. The highest BCUT2D eigenvalue weighted by Crippen LogP contribution is 2.24. The number of anilines is 1. The van der Waals surface area contributed by atoms with Crippen LogP contribution in [-0.4, -0.2) is 6.03 Å². The number of urea groups is 1. The van der Waals surface area contributed by atoms with E-state index in [9.17, 15) is 4.79 Å². The zero-order chi connectivity index (χ0) is 11.4. The Balaban J connectivity index is 3.22. The maximum absolute atomic E-state index is 10.8. The molecule has 0 fully saturated rings. The van der Waals surface area contributed by atoms with Crippen molar-refractivity contribution in [3.8, 4) is 0 Å². The lowest BCUT2D eigenvalue weighted by Gasteiger charge is -2.15. The van der Waals surface area contributed by atoms with Crippen molar-refractivity contribution < 1.29 is 4.79 Å². The first-order valence-corrected chi connectivity index (χ1v) is 5.27. The van der Waals surface area contributed by atoms with Crippen molar-refractivity contribution in [1.29, 1.82) is 0 Å². The third-order valence-corrected chi connectivity index (χ3v) is 2.63. The Hall–Kier alpha value is -1.51. The van der Waals surface area contributed by atoms with Gasteiger partial charge in [0.25, 0.3) is 0 Å². The Labute approximate surface area is 90.7 Å². The molecule has 0 heterocycles. The normalized spacial score (nSPS) is 10.1. The molecule has 0 radical (unpaired) electrons. The maximum atomic E-state index is 10.8. The minimum absolute atomic E-state index is 0.504. The summed E-state index contributed by atoms with van der Waals surface area (Å²) in [7, 11) is 0. The largest absolute Gasteiger partial charge is 0.351 e. The van der Waals surface area contributed by atoms with Gasteiger partial charge in [0.05, 0.1) is 0 Å². The molecule has 3 nitrogen and oxygen atoms in total. The smallest absolute Gasteiger partial charge is 0.316 e. The van der Waals surface area contributed by atoms with Crippen LogP contribution in [0, 0.1) is 6.92 Å². The van der Waals surface area contributed by atoms with Gasteiger partial charge in [-0.05, 0) is 42.5 Å². The summed E-state index contributed by atoms with van der Waals surface area (Å²) in [5.74, 6) is 0. The van der Waals surface area contributed by atoms with E-state index in [2.05, 4.69) is 26.1 Å². The van der Waals surface area contributed by atoms with Gasteiger partial charge >= 0.3 is 6.03 Å². The van der Waals surface area contributed by atoms with Gasteiger partial charge in [-0.3, -0.25) is 0 Å². The highest BCUT2D eigenvalue weighted by Gasteiger charge is 2.09. The second-order valence-electron chi connectivity index (χ2n) is 3.58. The van der Waals surface area contributed by atoms with E-state index in [1.807, 2.05) is 12.1 Å². The molecule has 82 valence electrons. The lowest BCUT2D eigenvalue weighted by Crippen LogP contribution is -2.20. The number of hydrogen-bond donors (Lipinski definition) is 2. The topological polar surface area (TPSA) is 55.1 Å². The minimum atomic E-state index is -0.504. The SMILES string of the molecule is CCc1c(C)ccc(NC(N)=O)c1CC. The molecule has 0 spiro atoms. The molecule has 0 aliphatic heterocycles. The zero-order valence-electron chi connectivity index (χ0n) is 9.55. The van der Waals surface area contributed by atoms with Gasteiger partial charge in [0.2, 0.25) is 0 Å². The average molecular weight is 206 g/mol. The monoisotopic (exact) mass is 206 g/mol. The summed E-state index contributed by atoms with van der Waals surface area (Å²) in [6.45, 7) is 6.29. The predicted octanol–water partition coefficient (Wildman–Crippen LogP) is 2.61. The van der Waals surface area contributed by atoms with Gasteiger partial charge in [-0.25, -0.2) is 4.79 Å². The Morgan fingerprint density at radius 2 is 1.87 bits per heavy atom. The van der Waals surface area contributed by atoms with Gasteiger partial charge in [-0.2, -0.15) is 0 Å². The van der Waals surface area contributed by atoms with Crippen molar-refractivity contribution in [2.75, 3.05) is 5.32 Å². The number of hydrogen-bond acceptors (Lipinski definition) is 1. The fourth-order valence-corrected chi connectivity index (χ4v) is 1.96. The summed E-state index contributed by atoms with van der Waals surface area (Å²) in [4.78, 5) is 10.8. The minimum Gasteiger partial charge on any atom is -0.351 e. The van der Waals surface area contributed by atoms with Crippen molar-refractivity contribution >= 4 is 11.7 Å². The standard InChI is InChI=1S/C12H18N2O/c1-4-9-8(3)6-7-11(10(9)5-2)14-12(13)15/h6-7H,4-5H2,1-3H3,(H3,13,14,15). The van der Waals surface area contributed by atoms with Gasteiger partial charge in [0.15, 0.2) is 0 Å². The molecule has 1 rings (SSSR count). The van der Waals surface area contributed by atoms with Gasteiger partial charge in [0.1, 0.15) is 0 Å². The highest BCUT2D eigenvalue weighted by molar-refractivity contribution is 5.89. The third-order valence-electron chi connectivity index (χ3n) is 2.63. The molecular weight excluding hydrogens is 188 g/mol. The first kappa shape index (κ1) is 11.6. The Kier molecular flexibility index (Phi) is 3.72. The number of rotatable bonds is 3. The molecule has 3 N–H and O–H groups in total. The van der Waals surface area contributed by atoms with E-state index in [0.717, 1.165) is 18.5 Å². The maximum Gasteiger partial charge on any atom is 0.316 e. The van der Waals surface area contributed by atoms with Gasteiger partial charge < -0.3 is 11.1 Å². The molecule has 0 atom stereocenters. The van der Waals surface area contributed by atoms with Crippen LogP contribution in [-0.2, 0) is 12.8 Å². The summed E-state index contributed by atoms with van der Waals surface area (Å²) in [5.41, 5.74) is 9.74. The number of nitrogens with one attached hydrogen (secondary N) is 1. The number of carbonyl (C=O) groups is 1. The van der Waals surface area contributed by atoms with E-state index in [0.29, 0.717) is 0 Å². The van der Waals surface area contributed by atoms with Crippen LogP contribution in [0.4, 0.5) is 10.5 Å². The number of carbonyl (C=O) groups excluding carboxylic acids is 1. The summed E-state index contributed by atoms with van der Waals surface area (Å²) in [6.07, 6.45) is 1.88. The third kappa shape index (κ3) is 2.49. The van der Waals surface area contributed by atoms with Crippen LogP contribution in [0.2, 0.25) is 0 Å². The molecule has 0 aliphatic carbocycles. The lowest BCUT2D eigenvalue weighted by molar-refractivity contribution is 0.259. The lowest BCUT2D eigenvalue weighted by atomic mass is 9.96. The number of aryl methyl sites for hydroxylation is 1. The van der Waals surface area contributed by atoms with Crippen molar-refractivity contribution in [3.63, 3.8) is 0 Å². The molecule has 0 bridgehead atoms. The number of benzene rings is 1. The van der Waals surface area contributed by atoms with Crippen LogP contribution in [0.5, 0.6) is 0 Å². The van der Waals surface area contributed by atoms with Crippen LogP contribution in [0.25, 0.3) is 0 Å². The van der Waals surface area contributed by atoms with Gasteiger partial charge in [0, 0.05) is 5.69 Å². The molecule has 1 aromatic rings. The van der Waals surface area contributed by atoms with Crippen LogP contribution in [0.3, 0.4) is 0 Å². The fraction of sp³-hybridized carbons (Fsp3) is 0.417. The number of nitrogens with two attached hydrogens (primary N) is 1. The molecule has 2 amide bonds. The van der Waals surface area contributed by atoms with E-state index in [1.54, 1.807) is 0 Å². The Morgan fingerprint density at radius 1 is 1.27 bits per heavy atom. The molecule has 0 aromatic heterocycles. The predicted molar refractivity (Wildman–Crippen MR) is 63.1 cm³/mol. The molecule has 0 saturated heterocycles. The average Bonchev–Trinajstić information content (AvgIpc) is 2.19. The van der Waals surface area contributed by atoms with E-state index >= 15 is 0 Å². The summed E-state index contributed by atoms with van der Waals surface area (Å²) in [5, 5.41) is 2.67. The molecule has 1 aromatic carbocycles. The molecule has 15 heavy (non-hydrogen) atoms. The first-order valence-electron chi connectivity index (χ1n) is 5.27. The van der Waals surface area contributed by atoms with Crippen molar-refractivity contribution in [2.24, 2.45) is 5.73 Å². The molecular formula is C12H18N2O. The summed E-state index contributed by atoms with van der Waals surface area (Å²) >= 11 is 0. The Bertz CT molecular complexity index is 372. The van der Waals surface area contributed by atoms with Crippen molar-refractivity contribution in [1.82, 2.24) is 0 Å². The van der Waals surface area contributed by atoms with Gasteiger partial charge in [-0.1, -0.05) is 19.9 Å². The van der Waals surface area contributed by atoms with Crippen molar-refractivity contribution in [3.05, 3.63) is 28.8 Å². The Morgan fingerprint density at radius 3 is 2.33 bits per heavy atom. The highest BCUT2D eigenvalue weighted by atomic mass is 16.2. The van der Waals surface area contributed by atoms with E-state index < -0.39 is 6.03 Å². The molecule has 0 unspecified atom stereocenters. The second-order valence-corrected chi connectivity index (χ2v) is 3.58. The summed E-state index contributed by atoms with van der Waals surface area (Å²) < 4.78 is 0. The summed E-state index contributed by atoms with van der Waals surface area (Å²) in [6, 6.07) is 3.43. The van der Waals surface area contributed by atoms with Crippen molar-refractivity contribution in [2.45, 2.75) is 33.6 Å².